The molecule has 2 aromatic heterocycles. The zero-order chi connectivity index (χ0) is 22.7. The molecular formula is C28H30N4O. The number of carbonyl (C=O) groups is 1. The summed E-state index contributed by atoms with van der Waals surface area (Å²) in [7, 11) is 0. The van der Waals surface area contributed by atoms with E-state index in [-0.39, 0.29) is 5.91 Å². The molecule has 1 aliphatic heterocycles. The van der Waals surface area contributed by atoms with Crippen LogP contribution in [0.15, 0.2) is 85.5 Å². The fraction of sp³-hybridized carbons (Fsp3) is 0.321. The number of carbonyl (C=O) groups excluding carboxylic acids is 1. The Morgan fingerprint density at radius 2 is 1.67 bits per heavy atom. The Kier molecular flexibility index (Phi) is 5.95. The number of likely N-dealkylation sites (tertiary alicyclic amines) is 1. The highest BCUT2D eigenvalue weighted by Crippen LogP contribution is 2.35. The van der Waals surface area contributed by atoms with E-state index in [1.54, 1.807) is 6.20 Å². The lowest BCUT2D eigenvalue weighted by molar-refractivity contribution is -0.135. The third kappa shape index (κ3) is 4.28. The third-order valence-electron chi connectivity index (χ3n) is 7.10. The Balaban J connectivity index is 1.34. The first-order valence-electron chi connectivity index (χ1n) is 11.8. The van der Waals surface area contributed by atoms with Crippen LogP contribution in [0.25, 0.3) is 5.65 Å². The first-order valence-corrected chi connectivity index (χ1v) is 11.8. The molecule has 1 atom stereocenters. The maximum Gasteiger partial charge on any atom is 0.237 e. The van der Waals surface area contributed by atoms with Crippen molar-refractivity contribution in [3.05, 3.63) is 102 Å². The standard InChI is InChI=1S/C28H30N4O/c1-28(23-10-4-2-5-11-23,24-12-6-3-7-13-24)27(33)31-16-8-9-22(14-17-31)19-25-21-32-18-15-29-26(32)20-30-25/h2-7,10-13,15,18,20-22H,8-9,14,16-17,19H2,1H3. The van der Waals surface area contributed by atoms with Crippen molar-refractivity contribution in [1.29, 1.82) is 0 Å². The summed E-state index contributed by atoms with van der Waals surface area (Å²) in [6, 6.07) is 20.4. The second kappa shape index (κ2) is 9.18. The molecule has 1 saturated heterocycles. The molecule has 33 heavy (non-hydrogen) atoms. The van der Waals surface area contributed by atoms with Crippen molar-refractivity contribution >= 4 is 11.6 Å². The molecule has 1 fully saturated rings. The number of hydrogen-bond donors (Lipinski definition) is 0. The fourth-order valence-corrected chi connectivity index (χ4v) is 5.11. The molecular weight excluding hydrogens is 408 g/mol. The van der Waals surface area contributed by atoms with Crippen LogP contribution in [-0.2, 0) is 16.6 Å². The quantitative estimate of drug-likeness (QED) is 0.445. The number of benzene rings is 2. The first-order chi connectivity index (χ1) is 16.1. The minimum absolute atomic E-state index is 0.193. The summed E-state index contributed by atoms with van der Waals surface area (Å²) in [6.45, 7) is 3.66. The molecule has 4 aromatic rings. The largest absolute Gasteiger partial charge is 0.342 e. The predicted octanol–water partition coefficient (Wildman–Crippen LogP) is 4.91. The van der Waals surface area contributed by atoms with Crippen LogP contribution >= 0.6 is 0 Å². The lowest BCUT2D eigenvalue weighted by atomic mass is 9.75. The van der Waals surface area contributed by atoms with Gasteiger partial charge in [0.25, 0.3) is 0 Å². The van der Waals surface area contributed by atoms with Gasteiger partial charge >= 0.3 is 0 Å². The van der Waals surface area contributed by atoms with Gasteiger partial charge in [0.1, 0.15) is 0 Å². The van der Waals surface area contributed by atoms with Gasteiger partial charge in [-0.2, -0.15) is 0 Å². The molecule has 0 spiro atoms. The molecule has 168 valence electrons. The van der Waals surface area contributed by atoms with Gasteiger partial charge in [0.15, 0.2) is 5.65 Å². The molecule has 3 heterocycles. The number of fused-ring (bicyclic) bond motifs is 1. The number of nitrogens with zero attached hydrogens (tertiary/aromatic N) is 4. The summed E-state index contributed by atoms with van der Waals surface area (Å²) in [4.78, 5) is 25.0. The van der Waals surface area contributed by atoms with Crippen molar-refractivity contribution in [2.75, 3.05) is 13.1 Å². The molecule has 0 saturated carbocycles. The van der Waals surface area contributed by atoms with Crippen LogP contribution in [-0.4, -0.2) is 38.3 Å². The zero-order valence-corrected chi connectivity index (χ0v) is 19.1. The molecule has 5 nitrogen and oxygen atoms in total. The van der Waals surface area contributed by atoms with Gasteiger partial charge in [-0.3, -0.25) is 9.78 Å². The summed E-state index contributed by atoms with van der Waals surface area (Å²) in [5, 5.41) is 0. The summed E-state index contributed by atoms with van der Waals surface area (Å²) in [5.41, 5.74) is 3.34. The number of aromatic nitrogens is 3. The molecule has 0 aliphatic carbocycles. The van der Waals surface area contributed by atoms with E-state index in [1.807, 2.05) is 53.2 Å². The molecule has 0 bridgehead atoms. The topological polar surface area (TPSA) is 50.5 Å². The monoisotopic (exact) mass is 438 g/mol. The first kappa shape index (κ1) is 21.4. The number of imidazole rings is 1. The average molecular weight is 439 g/mol. The minimum Gasteiger partial charge on any atom is -0.342 e. The highest BCUT2D eigenvalue weighted by Gasteiger charge is 2.40. The van der Waals surface area contributed by atoms with E-state index in [1.165, 1.54) is 0 Å². The van der Waals surface area contributed by atoms with Crippen molar-refractivity contribution in [3.63, 3.8) is 0 Å². The van der Waals surface area contributed by atoms with E-state index >= 15 is 0 Å². The van der Waals surface area contributed by atoms with Gasteiger partial charge in [0.05, 0.1) is 17.3 Å². The van der Waals surface area contributed by atoms with E-state index in [0.717, 1.165) is 61.2 Å². The normalized spacial score (nSPS) is 17.1. The molecule has 2 aromatic carbocycles. The van der Waals surface area contributed by atoms with Crippen molar-refractivity contribution in [3.8, 4) is 0 Å². The number of amides is 1. The van der Waals surface area contributed by atoms with E-state index in [4.69, 9.17) is 0 Å². The summed E-state index contributed by atoms with van der Waals surface area (Å²) in [5.74, 6) is 0.717. The lowest BCUT2D eigenvalue weighted by Crippen LogP contribution is -2.46. The van der Waals surface area contributed by atoms with Crippen LogP contribution in [0.1, 0.15) is 43.0 Å². The van der Waals surface area contributed by atoms with E-state index in [9.17, 15) is 4.79 Å². The van der Waals surface area contributed by atoms with E-state index in [0.29, 0.717) is 5.92 Å². The van der Waals surface area contributed by atoms with Crippen LogP contribution in [0.4, 0.5) is 0 Å². The average Bonchev–Trinajstić information content (AvgIpc) is 3.21. The van der Waals surface area contributed by atoms with Gasteiger partial charge in [0, 0.05) is 31.7 Å². The Bertz CT molecular complexity index is 1180. The smallest absolute Gasteiger partial charge is 0.237 e. The number of rotatable bonds is 5. The van der Waals surface area contributed by atoms with Crippen molar-refractivity contribution in [2.24, 2.45) is 5.92 Å². The molecule has 1 amide bonds. The molecule has 5 rings (SSSR count). The Morgan fingerprint density at radius 1 is 0.970 bits per heavy atom. The highest BCUT2D eigenvalue weighted by atomic mass is 16.2. The molecule has 0 N–H and O–H groups in total. The van der Waals surface area contributed by atoms with Crippen molar-refractivity contribution in [1.82, 2.24) is 19.3 Å². The number of hydrogen-bond acceptors (Lipinski definition) is 3. The lowest BCUT2D eigenvalue weighted by Gasteiger charge is -2.35. The van der Waals surface area contributed by atoms with Crippen LogP contribution in [0, 0.1) is 5.92 Å². The Morgan fingerprint density at radius 3 is 2.36 bits per heavy atom. The van der Waals surface area contributed by atoms with Gasteiger partial charge in [-0.25, -0.2) is 4.98 Å². The van der Waals surface area contributed by atoms with Gasteiger partial charge in [-0.15, -0.1) is 0 Å². The van der Waals surface area contributed by atoms with Crippen LogP contribution in [0.2, 0.25) is 0 Å². The van der Waals surface area contributed by atoms with E-state index in [2.05, 4.69) is 52.3 Å². The van der Waals surface area contributed by atoms with Crippen molar-refractivity contribution in [2.45, 2.75) is 38.0 Å². The second-order valence-corrected chi connectivity index (χ2v) is 9.22. The minimum atomic E-state index is -0.698. The predicted molar refractivity (Wildman–Crippen MR) is 130 cm³/mol. The maximum absolute atomic E-state index is 14.1. The van der Waals surface area contributed by atoms with Crippen LogP contribution in [0.3, 0.4) is 0 Å². The van der Waals surface area contributed by atoms with Gasteiger partial charge < -0.3 is 9.30 Å². The zero-order valence-electron chi connectivity index (χ0n) is 19.1. The highest BCUT2D eigenvalue weighted by molar-refractivity contribution is 5.91. The summed E-state index contributed by atoms with van der Waals surface area (Å²) < 4.78 is 2.03. The Labute approximate surface area is 195 Å². The molecule has 1 aliphatic rings. The molecule has 1 unspecified atom stereocenters. The van der Waals surface area contributed by atoms with Gasteiger partial charge in [-0.1, -0.05) is 60.7 Å². The molecule has 0 radical (unpaired) electrons. The van der Waals surface area contributed by atoms with E-state index < -0.39 is 5.41 Å². The van der Waals surface area contributed by atoms with Crippen LogP contribution < -0.4 is 0 Å². The van der Waals surface area contributed by atoms with Crippen molar-refractivity contribution < 1.29 is 4.79 Å². The van der Waals surface area contributed by atoms with Gasteiger partial charge in [0.2, 0.25) is 5.91 Å². The Hall–Kier alpha value is -3.47. The second-order valence-electron chi connectivity index (χ2n) is 9.22. The summed E-state index contributed by atoms with van der Waals surface area (Å²) >= 11 is 0. The third-order valence-corrected chi connectivity index (χ3v) is 7.10. The maximum atomic E-state index is 14.1. The summed E-state index contributed by atoms with van der Waals surface area (Å²) in [6.07, 6.45) is 11.7. The van der Waals surface area contributed by atoms with Crippen LogP contribution in [0.5, 0.6) is 0 Å². The molecule has 5 heteroatoms. The van der Waals surface area contributed by atoms with Gasteiger partial charge in [-0.05, 0) is 49.7 Å². The SMILES string of the molecule is CC(C(=O)N1CCCC(Cc2cn3ccnc3cn2)CC1)(c1ccccc1)c1ccccc1. The fourth-order valence-electron chi connectivity index (χ4n) is 5.11.